The van der Waals surface area contributed by atoms with Gasteiger partial charge in [-0.2, -0.15) is 0 Å². The van der Waals surface area contributed by atoms with Gasteiger partial charge in [-0.1, -0.05) is 35.9 Å². The van der Waals surface area contributed by atoms with Gasteiger partial charge in [0.05, 0.1) is 0 Å². The van der Waals surface area contributed by atoms with E-state index < -0.39 is 0 Å². The third kappa shape index (κ3) is 2.16. The zero-order chi connectivity index (χ0) is 14.3. The summed E-state index contributed by atoms with van der Waals surface area (Å²) < 4.78 is 0. The Bertz CT molecular complexity index is 777. The number of fused-ring (bicyclic) bond motifs is 1. The number of phenolic OH excluding ortho intramolecular Hbond substituents is 1. The first kappa shape index (κ1) is 12.7. The van der Waals surface area contributed by atoms with Crippen molar-refractivity contribution < 1.29 is 5.11 Å². The van der Waals surface area contributed by atoms with Gasteiger partial charge in [0.2, 0.25) is 0 Å². The van der Waals surface area contributed by atoms with E-state index in [-0.39, 0.29) is 0 Å². The van der Waals surface area contributed by atoms with Crippen LogP contribution in [0.1, 0.15) is 16.7 Å². The van der Waals surface area contributed by atoms with Crippen LogP contribution in [0, 0.1) is 20.8 Å². The van der Waals surface area contributed by atoms with Crippen molar-refractivity contribution in [1.82, 2.24) is 0 Å². The predicted molar refractivity (Wildman–Crippen MR) is 85.3 cm³/mol. The number of benzene rings is 3. The maximum atomic E-state index is 9.88. The maximum absolute atomic E-state index is 9.88. The Hall–Kier alpha value is -2.28. The molecule has 0 spiro atoms. The fourth-order valence-corrected chi connectivity index (χ4v) is 2.67. The topological polar surface area (TPSA) is 20.2 Å². The number of aryl methyl sites for hydroxylation is 3. The van der Waals surface area contributed by atoms with Crippen molar-refractivity contribution in [2.45, 2.75) is 20.8 Å². The second-order valence-corrected chi connectivity index (χ2v) is 5.52. The molecule has 0 fully saturated rings. The van der Waals surface area contributed by atoms with Gasteiger partial charge in [-0.15, -0.1) is 0 Å². The molecule has 0 amide bonds. The maximum Gasteiger partial charge on any atom is 0.121 e. The third-order valence-electron chi connectivity index (χ3n) is 3.82. The van der Waals surface area contributed by atoms with Gasteiger partial charge in [0.25, 0.3) is 0 Å². The summed E-state index contributed by atoms with van der Waals surface area (Å²) in [6.07, 6.45) is 0. The summed E-state index contributed by atoms with van der Waals surface area (Å²) >= 11 is 0. The van der Waals surface area contributed by atoms with Gasteiger partial charge >= 0.3 is 0 Å². The largest absolute Gasteiger partial charge is 0.507 e. The molecule has 0 aliphatic heterocycles. The molecule has 0 heterocycles. The smallest absolute Gasteiger partial charge is 0.121 e. The Kier molecular flexibility index (Phi) is 2.98. The highest BCUT2D eigenvalue weighted by atomic mass is 16.3. The van der Waals surface area contributed by atoms with Crippen molar-refractivity contribution in [3.63, 3.8) is 0 Å². The predicted octanol–water partition coefficient (Wildman–Crippen LogP) is 5.14. The van der Waals surface area contributed by atoms with Crippen LogP contribution in [0.2, 0.25) is 0 Å². The third-order valence-corrected chi connectivity index (χ3v) is 3.82. The summed E-state index contributed by atoms with van der Waals surface area (Å²) in [5.41, 5.74) is 5.46. The number of rotatable bonds is 1. The monoisotopic (exact) mass is 262 g/mol. The van der Waals surface area contributed by atoms with Crippen molar-refractivity contribution in [2.75, 3.05) is 0 Å². The van der Waals surface area contributed by atoms with Crippen LogP contribution in [0.3, 0.4) is 0 Å². The van der Waals surface area contributed by atoms with E-state index in [1.54, 1.807) is 0 Å². The standard InChI is InChI=1S/C19H18O/c1-12-4-5-16-11-17(7-6-15(16)8-12)18-9-13(2)19(20)14(3)10-18/h4-11,20H,1-3H3. The highest BCUT2D eigenvalue weighted by Crippen LogP contribution is 2.31. The summed E-state index contributed by atoms with van der Waals surface area (Å²) in [4.78, 5) is 0. The average molecular weight is 262 g/mol. The molecule has 0 aromatic heterocycles. The Morgan fingerprint density at radius 3 is 1.95 bits per heavy atom. The van der Waals surface area contributed by atoms with Crippen molar-refractivity contribution in [2.24, 2.45) is 0 Å². The summed E-state index contributed by atoms with van der Waals surface area (Å²) in [5, 5.41) is 12.4. The molecule has 0 aliphatic rings. The molecule has 0 saturated heterocycles. The summed E-state index contributed by atoms with van der Waals surface area (Å²) in [7, 11) is 0. The number of hydrogen-bond acceptors (Lipinski definition) is 1. The SMILES string of the molecule is Cc1ccc2cc(-c3cc(C)c(O)c(C)c3)ccc2c1. The van der Waals surface area contributed by atoms with Crippen LogP contribution >= 0.6 is 0 Å². The molecule has 1 nitrogen and oxygen atoms in total. The van der Waals surface area contributed by atoms with E-state index in [1.807, 2.05) is 26.0 Å². The van der Waals surface area contributed by atoms with Gasteiger partial charge in [0.15, 0.2) is 0 Å². The highest BCUT2D eigenvalue weighted by Gasteiger charge is 2.06. The lowest BCUT2D eigenvalue weighted by atomic mass is 9.97. The van der Waals surface area contributed by atoms with Crippen LogP contribution < -0.4 is 0 Å². The number of phenols is 1. The van der Waals surface area contributed by atoms with Crippen LogP contribution in [0.5, 0.6) is 5.75 Å². The van der Waals surface area contributed by atoms with Crippen molar-refractivity contribution in [1.29, 1.82) is 0 Å². The minimum atomic E-state index is 0.394. The fourth-order valence-electron chi connectivity index (χ4n) is 2.67. The molecule has 100 valence electrons. The molecular formula is C19H18O. The Balaban J connectivity index is 2.17. The van der Waals surface area contributed by atoms with E-state index in [9.17, 15) is 5.11 Å². The van der Waals surface area contributed by atoms with Crippen molar-refractivity contribution in [3.05, 3.63) is 65.2 Å². The average Bonchev–Trinajstić information content (AvgIpc) is 2.43. The van der Waals surface area contributed by atoms with Crippen LogP contribution in [0.25, 0.3) is 21.9 Å². The lowest BCUT2D eigenvalue weighted by molar-refractivity contribution is 0.467. The van der Waals surface area contributed by atoms with Crippen molar-refractivity contribution >= 4 is 10.8 Å². The van der Waals surface area contributed by atoms with Crippen molar-refractivity contribution in [3.8, 4) is 16.9 Å². The molecule has 0 radical (unpaired) electrons. The zero-order valence-corrected chi connectivity index (χ0v) is 12.1. The normalized spacial score (nSPS) is 10.9. The van der Waals surface area contributed by atoms with E-state index in [0.29, 0.717) is 5.75 Å². The molecule has 1 N–H and O–H groups in total. The van der Waals surface area contributed by atoms with Crippen LogP contribution in [0.4, 0.5) is 0 Å². The Labute approximate surface area is 119 Å². The fraction of sp³-hybridized carbons (Fsp3) is 0.158. The molecule has 3 aromatic rings. The molecule has 1 heteroatoms. The van der Waals surface area contributed by atoms with E-state index in [2.05, 4.69) is 43.3 Å². The molecule has 0 bridgehead atoms. The first-order chi connectivity index (χ1) is 9.54. The molecule has 0 unspecified atom stereocenters. The van der Waals surface area contributed by atoms with Gasteiger partial charge in [0.1, 0.15) is 5.75 Å². The van der Waals surface area contributed by atoms with Gasteiger partial charge in [0, 0.05) is 0 Å². The molecule has 20 heavy (non-hydrogen) atoms. The minimum Gasteiger partial charge on any atom is -0.507 e. The molecule has 3 aromatic carbocycles. The second-order valence-electron chi connectivity index (χ2n) is 5.52. The van der Waals surface area contributed by atoms with Gasteiger partial charge in [-0.3, -0.25) is 0 Å². The highest BCUT2D eigenvalue weighted by molar-refractivity contribution is 5.88. The summed E-state index contributed by atoms with van der Waals surface area (Å²) in [6.45, 7) is 5.99. The van der Waals surface area contributed by atoms with Gasteiger partial charge in [-0.25, -0.2) is 0 Å². The summed E-state index contributed by atoms with van der Waals surface area (Å²) in [5.74, 6) is 0.394. The lowest BCUT2D eigenvalue weighted by Gasteiger charge is -2.09. The summed E-state index contributed by atoms with van der Waals surface area (Å²) in [6, 6.07) is 17.1. The zero-order valence-electron chi connectivity index (χ0n) is 12.1. The number of hydrogen-bond donors (Lipinski definition) is 1. The lowest BCUT2D eigenvalue weighted by Crippen LogP contribution is -1.85. The minimum absolute atomic E-state index is 0.394. The van der Waals surface area contributed by atoms with E-state index >= 15 is 0 Å². The van der Waals surface area contributed by atoms with E-state index in [4.69, 9.17) is 0 Å². The first-order valence-corrected chi connectivity index (χ1v) is 6.85. The van der Waals surface area contributed by atoms with Gasteiger partial charge in [-0.05, 0) is 72.0 Å². The van der Waals surface area contributed by atoms with E-state index in [1.165, 1.54) is 21.9 Å². The Morgan fingerprint density at radius 1 is 0.650 bits per heavy atom. The van der Waals surface area contributed by atoms with Crippen LogP contribution in [-0.2, 0) is 0 Å². The second kappa shape index (κ2) is 4.68. The first-order valence-electron chi connectivity index (χ1n) is 6.85. The molecule has 0 aliphatic carbocycles. The van der Waals surface area contributed by atoms with Crippen LogP contribution in [-0.4, -0.2) is 5.11 Å². The molecule has 0 saturated carbocycles. The number of aromatic hydroxyl groups is 1. The molecule has 0 atom stereocenters. The molecule has 3 rings (SSSR count). The van der Waals surface area contributed by atoms with Crippen LogP contribution in [0.15, 0.2) is 48.5 Å². The van der Waals surface area contributed by atoms with Gasteiger partial charge < -0.3 is 5.11 Å². The quantitative estimate of drug-likeness (QED) is 0.644. The van der Waals surface area contributed by atoms with E-state index in [0.717, 1.165) is 16.7 Å². The molecular weight excluding hydrogens is 244 g/mol. The Morgan fingerprint density at radius 2 is 1.25 bits per heavy atom.